The van der Waals surface area contributed by atoms with E-state index < -0.39 is 0 Å². The quantitative estimate of drug-likeness (QED) is 0.602. The van der Waals surface area contributed by atoms with Crippen molar-refractivity contribution in [1.29, 1.82) is 0 Å². The van der Waals surface area contributed by atoms with Crippen molar-refractivity contribution in [2.24, 2.45) is 5.73 Å². The number of unbranched alkanes of at least 4 members (excludes halogenated alkanes) is 2. The normalized spacial score (nSPS) is 16.3. The number of piperazine rings is 1. The second-order valence-electron chi connectivity index (χ2n) is 3.76. The van der Waals surface area contributed by atoms with Crippen LogP contribution in [0.2, 0.25) is 0 Å². The molecule has 1 rings (SSSR count). The number of rotatable bonds is 5. The number of hydrogen-bond donors (Lipinski definition) is 2. The van der Waals surface area contributed by atoms with E-state index in [0.29, 0.717) is 26.1 Å². The zero-order valence-corrected chi connectivity index (χ0v) is 9.00. The van der Waals surface area contributed by atoms with Crippen molar-refractivity contribution < 1.29 is 9.59 Å². The Morgan fingerprint density at radius 2 is 2.20 bits per heavy atom. The number of nitrogens with two attached hydrogens (primary N) is 1. The average molecular weight is 213 g/mol. The number of carbonyl (C=O) groups excluding carboxylic acids is 2. The minimum Gasteiger partial charge on any atom is -0.353 e. The summed E-state index contributed by atoms with van der Waals surface area (Å²) in [4.78, 5) is 24.3. The van der Waals surface area contributed by atoms with Crippen molar-refractivity contribution in [3.8, 4) is 0 Å². The Morgan fingerprint density at radius 1 is 1.40 bits per heavy atom. The Labute approximate surface area is 90.0 Å². The molecule has 5 heteroatoms. The van der Waals surface area contributed by atoms with Gasteiger partial charge in [-0.1, -0.05) is 6.42 Å². The van der Waals surface area contributed by atoms with E-state index in [1.54, 1.807) is 4.90 Å². The summed E-state index contributed by atoms with van der Waals surface area (Å²) in [5, 5.41) is 2.69. The molecule has 0 unspecified atom stereocenters. The largest absolute Gasteiger partial charge is 0.353 e. The fourth-order valence-electron chi connectivity index (χ4n) is 1.61. The Bertz CT molecular complexity index is 231. The first kappa shape index (κ1) is 12.0. The highest BCUT2D eigenvalue weighted by Crippen LogP contribution is 2.04. The zero-order valence-electron chi connectivity index (χ0n) is 9.00. The van der Waals surface area contributed by atoms with E-state index in [1.165, 1.54) is 0 Å². The predicted octanol–water partition coefficient (Wildman–Crippen LogP) is -0.536. The van der Waals surface area contributed by atoms with Gasteiger partial charge in [-0.2, -0.15) is 0 Å². The Hall–Kier alpha value is -1.10. The van der Waals surface area contributed by atoms with E-state index in [0.717, 1.165) is 19.3 Å². The zero-order chi connectivity index (χ0) is 11.1. The lowest BCUT2D eigenvalue weighted by atomic mass is 10.1. The molecule has 0 atom stereocenters. The van der Waals surface area contributed by atoms with Gasteiger partial charge in [0.1, 0.15) is 0 Å². The molecule has 86 valence electrons. The van der Waals surface area contributed by atoms with Crippen LogP contribution in [0.3, 0.4) is 0 Å². The third kappa shape index (κ3) is 4.29. The highest BCUT2D eigenvalue weighted by molar-refractivity contribution is 5.85. The van der Waals surface area contributed by atoms with Gasteiger partial charge in [0.25, 0.3) is 0 Å². The van der Waals surface area contributed by atoms with E-state index in [4.69, 9.17) is 5.73 Å². The third-order valence-electron chi connectivity index (χ3n) is 2.49. The van der Waals surface area contributed by atoms with E-state index in [-0.39, 0.29) is 18.4 Å². The van der Waals surface area contributed by atoms with Gasteiger partial charge in [-0.25, -0.2) is 0 Å². The molecule has 2 amide bonds. The number of nitrogens with one attached hydrogen (secondary N) is 1. The lowest BCUT2D eigenvalue weighted by Crippen LogP contribution is -2.49. The van der Waals surface area contributed by atoms with Crippen molar-refractivity contribution in [3.63, 3.8) is 0 Å². The SMILES string of the molecule is NCCCCCC(=O)N1CCNC(=O)C1. The smallest absolute Gasteiger partial charge is 0.239 e. The maximum absolute atomic E-state index is 11.6. The van der Waals surface area contributed by atoms with Crippen LogP contribution in [0.1, 0.15) is 25.7 Å². The molecule has 1 aliphatic heterocycles. The van der Waals surface area contributed by atoms with Gasteiger partial charge < -0.3 is 16.0 Å². The maximum Gasteiger partial charge on any atom is 0.239 e. The van der Waals surface area contributed by atoms with Gasteiger partial charge >= 0.3 is 0 Å². The van der Waals surface area contributed by atoms with Crippen molar-refractivity contribution in [3.05, 3.63) is 0 Å². The minimum atomic E-state index is -0.0587. The summed E-state index contributed by atoms with van der Waals surface area (Å²) >= 11 is 0. The van der Waals surface area contributed by atoms with E-state index >= 15 is 0 Å². The van der Waals surface area contributed by atoms with Gasteiger partial charge in [-0.15, -0.1) is 0 Å². The fraction of sp³-hybridized carbons (Fsp3) is 0.800. The van der Waals surface area contributed by atoms with Gasteiger partial charge in [-0.3, -0.25) is 9.59 Å². The molecule has 15 heavy (non-hydrogen) atoms. The summed E-state index contributed by atoms with van der Waals surface area (Å²) in [5.74, 6) is 0.0263. The molecular weight excluding hydrogens is 194 g/mol. The standard InChI is InChI=1S/C10H19N3O2/c11-5-3-1-2-4-10(15)13-7-6-12-9(14)8-13/h1-8,11H2,(H,12,14). The molecular formula is C10H19N3O2. The number of hydrogen-bond acceptors (Lipinski definition) is 3. The second-order valence-corrected chi connectivity index (χ2v) is 3.76. The summed E-state index contributed by atoms with van der Waals surface area (Å²) in [5.41, 5.74) is 5.36. The number of carbonyl (C=O) groups is 2. The maximum atomic E-state index is 11.6. The molecule has 0 spiro atoms. The van der Waals surface area contributed by atoms with Gasteiger partial charge in [0, 0.05) is 19.5 Å². The minimum absolute atomic E-state index is 0.0587. The third-order valence-corrected chi connectivity index (χ3v) is 2.49. The van der Waals surface area contributed by atoms with Crippen LogP contribution in [0.25, 0.3) is 0 Å². The molecule has 0 aliphatic carbocycles. The number of amides is 2. The molecule has 1 aliphatic rings. The molecule has 5 nitrogen and oxygen atoms in total. The van der Waals surface area contributed by atoms with Crippen LogP contribution < -0.4 is 11.1 Å². The molecule has 0 saturated carbocycles. The van der Waals surface area contributed by atoms with Crippen LogP contribution in [0.5, 0.6) is 0 Å². The summed E-state index contributed by atoms with van der Waals surface area (Å²) < 4.78 is 0. The summed E-state index contributed by atoms with van der Waals surface area (Å²) in [6.07, 6.45) is 3.36. The monoisotopic (exact) mass is 213 g/mol. The first-order chi connectivity index (χ1) is 7.24. The Morgan fingerprint density at radius 3 is 2.87 bits per heavy atom. The molecule has 3 N–H and O–H groups in total. The van der Waals surface area contributed by atoms with Gasteiger partial charge in [-0.05, 0) is 19.4 Å². The summed E-state index contributed by atoms with van der Waals surface area (Å²) in [6, 6.07) is 0. The summed E-state index contributed by atoms with van der Waals surface area (Å²) in [7, 11) is 0. The fourth-order valence-corrected chi connectivity index (χ4v) is 1.61. The molecule has 1 fully saturated rings. The summed E-state index contributed by atoms with van der Waals surface area (Å²) in [6.45, 7) is 2.12. The van der Waals surface area contributed by atoms with Crippen molar-refractivity contribution in [2.75, 3.05) is 26.2 Å². The van der Waals surface area contributed by atoms with E-state index in [1.807, 2.05) is 0 Å². The number of nitrogens with zero attached hydrogens (tertiary/aromatic N) is 1. The van der Waals surface area contributed by atoms with Crippen molar-refractivity contribution in [2.45, 2.75) is 25.7 Å². The van der Waals surface area contributed by atoms with Crippen LogP contribution in [0.4, 0.5) is 0 Å². The van der Waals surface area contributed by atoms with E-state index in [2.05, 4.69) is 5.32 Å². The highest BCUT2D eigenvalue weighted by Gasteiger charge is 2.20. The molecule has 0 radical (unpaired) electrons. The topological polar surface area (TPSA) is 75.4 Å². The molecule has 0 aromatic heterocycles. The highest BCUT2D eigenvalue weighted by atomic mass is 16.2. The molecule has 0 aromatic rings. The molecule has 1 heterocycles. The van der Waals surface area contributed by atoms with E-state index in [9.17, 15) is 9.59 Å². The average Bonchev–Trinajstić information content (AvgIpc) is 2.24. The second kappa shape index (κ2) is 6.40. The van der Waals surface area contributed by atoms with Crippen LogP contribution in [-0.4, -0.2) is 42.9 Å². The lowest BCUT2D eigenvalue weighted by molar-refractivity contribution is -0.138. The van der Waals surface area contributed by atoms with Gasteiger partial charge in [0.2, 0.25) is 11.8 Å². The van der Waals surface area contributed by atoms with Crippen LogP contribution in [0, 0.1) is 0 Å². The Balaban J connectivity index is 2.18. The van der Waals surface area contributed by atoms with Crippen LogP contribution in [0.15, 0.2) is 0 Å². The Kier molecular flexibility index (Phi) is 5.10. The first-order valence-corrected chi connectivity index (χ1v) is 5.48. The van der Waals surface area contributed by atoms with Crippen LogP contribution >= 0.6 is 0 Å². The molecule has 0 aromatic carbocycles. The molecule has 0 bridgehead atoms. The predicted molar refractivity (Wildman–Crippen MR) is 57.1 cm³/mol. The van der Waals surface area contributed by atoms with Crippen LogP contribution in [-0.2, 0) is 9.59 Å². The van der Waals surface area contributed by atoms with Gasteiger partial charge in [0.05, 0.1) is 6.54 Å². The molecule has 1 saturated heterocycles. The lowest BCUT2D eigenvalue weighted by Gasteiger charge is -2.26. The van der Waals surface area contributed by atoms with Crippen molar-refractivity contribution >= 4 is 11.8 Å². The first-order valence-electron chi connectivity index (χ1n) is 5.48. The van der Waals surface area contributed by atoms with Gasteiger partial charge in [0.15, 0.2) is 0 Å². The van der Waals surface area contributed by atoms with Crippen molar-refractivity contribution in [1.82, 2.24) is 10.2 Å².